The predicted octanol–water partition coefficient (Wildman–Crippen LogP) is 2.50. The van der Waals surface area contributed by atoms with E-state index in [1.807, 2.05) is 6.07 Å². The van der Waals surface area contributed by atoms with Crippen LogP contribution in [0.2, 0.25) is 0 Å². The van der Waals surface area contributed by atoms with Gasteiger partial charge >= 0.3 is 0 Å². The van der Waals surface area contributed by atoms with Crippen LogP contribution in [0, 0.1) is 5.92 Å². The van der Waals surface area contributed by atoms with E-state index in [9.17, 15) is 9.18 Å². The van der Waals surface area contributed by atoms with Crippen molar-refractivity contribution in [1.29, 1.82) is 0 Å². The largest absolute Gasteiger partial charge is 0.310 e. The number of rotatable bonds is 1. The van der Waals surface area contributed by atoms with Crippen LogP contribution in [0.15, 0.2) is 18.5 Å². The van der Waals surface area contributed by atoms with Crippen molar-refractivity contribution in [3.8, 4) is 0 Å². The molecule has 2 aliphatic rings. The van der Waals surface area contributed by atoms with E-state index in [4.69, 9.17) is 0 Å². The van der Waals surface area contributed by atoms with Crippen LogP contribution in [0.4, 0.5) is 10.1 Å². The van der Waals surface area contributed by atoms with E-state index in [2.05, 4.69) is 4.98 Å². The minimum Gasteiger partial charge on any atom is -0.310 e. The van der Waals surface area contributed by atoms with Gasteiger partial charge in [0.15, 0.2) is 0 Å². The molecule has 1 aliphatic heterocycles. The van der Waals surface area contributed by atoms with E-state index >= 15 is 0 Å². The molecule has 0 saturated heterocycles. The van der Waals surface area contributed by atoms with E-state index in [1.165, 1.54) is 5.56 Å². The summed E-state index contributed by atoms with van der Waals surface area (Å²) >= 11 is 0. The number of alkyl halides is 1. The van der Waals surface area contributed by atoms with Gasteiger partial charge in [0.25, 0.3) is 0 Å². The van der Waals surface area contributed by atoms with E-state index in [0.29, 0.717) is 19.4 Å². The lowest BCUT2D eigenvalue weighted by molar-refractivity contribution is -0.123. The Bertz CT molecular complexity index is 463. The molecule has 1 aromatic rings. The lowest BCUT2D eigenvalue weighted by Crippen LogP contribution is -2.37. The fourth-order valence-electron chi connectivity index (χ4n) is 3.03. The highest BCUT2D eigenvalue weighted by molar-refractivity contribution is 5.96. The van der Waals surface area contributed by atoms with Gasteiger partial charge in [0.1, 0.15) is 6.17 Å². The van der Waals surface area contributed by atoms with Crippen LogP contribution in [0.25, 0.3) is 0 Å². The van der Waals surface area contributed by atoms with Gasteiger partial charge in [-0.2, -0.15) is 0 Å². The number of hydrogen-bond acceptors (Lipinski definition) is 2. The molecule has 2 heterocycles. The molecule has 1 aliphatic carbocycles. The van der Waals surface area contributed by atoms with E-state index in [-0.39, 0.29) is 11.8 Å². The quantitative estimate of drug-likeness (QED) is 0.765. The van der Waals surface area contributed by atoms with Crippen LogP contribution in [-0.4, -0.2) is 23.6 Å². The third-order valence-electron chi connectivity index (χ3n) is 4.01. The maximum Gasteiger partial charge on any atom is 0.230 e. The molecule has 0 aromatic carbocycles. The highest BCUT2D eigenvalue weighted by Crippen LogP contribution is 2.33. The van der Waals surface area contributed by atoms with Crippen molar-refractivity contribution >= 4 is 11.6 Å². The van der Waals surface area contributed by atoms with Gasteiger partial charge in [-0.05, 0) is 43.7 Å². The third-order valence-corrected chi connectivity index (χ3v) is 4.01. The summed E-state index contributed by atoms with van der Waals surface area (Å²) in [6.45, 7) is 0.716. The monoisotopic (exact) mass is 248 g/mol. The molecular formula is C14H17FN2O. The van der Waals surface area contributed by atoms with Crippen LogP contribution >= 0.6 is 0 Å². The molecule has 4 heteroatoms. The zero-order chi connectivity index (χ0) is 12.5. The smallest absolute Gasteiger partial charge is 0.230 e. The number of pyridine rings is 1. The molecule has 1 fully saturated rings. The second kappa shape index (κ2) is 4.67. The van der Waals surface area contributed by atoms with E-state index < -0.39 is 6.17 Å². The van der Waals surface area contributed by atoms with Crippen molar-refractivity contribution in [2.45, 2.75) is 38.3 Å². The highest BCUT2D eigenvalue weighted by atomic mass is 19.1. The van der Waals surface area contributed by atoms with Crippen molar-refractivity contribution in [2.24, 2.45) is 5.92 Å². The first-order chi connectivity index (χ1) is 8.75. The molecule has 0 N–H and O–H groups in total. The first-order valence-electron chi connectivity index (χ1n) is 6.64. The maximum atomic E-state index is 13.4. The van der Waals surface area contributed by atoms with Gasteiger partial charge in [-0.15, -0.1) is 0 Å². The first-order valence-corrected chi connectivity index (χ1v) is 6.64. The number of anilines is 1. The maximum absolute atomic E-state index is 13.4. The minimum absolute atomic E-state index is 0.0871. The van der Waals surface area contributed by atoms with Gasteiger partial charge in [-0.3, -0.25) is 9.78 Å². The van der Waals surface area contributed by atoms with Crippen LogP contribution in [0.5, 0.6) is 0 Å². The number of fused-ring (bicyclic) bond motifs is 1. The van der Waals surface area contributed by atoms with Crippen molar-refractivity contribution in [1.82, 2.24) is 4.98 Å². The second-order valence-corrected chi connectivity index (χ2v) is 5.21. The van der Waals surface area contributed by atoms with E-state index in [1.54, 1.807) is 17.3 Å². The fraction of sp³-hybridized carbons (Fsp3) is 0.571. The Kier molecular flexibility index (Phi) is 3.02. The molecule has 0 bridgehead atoms. The van der Waals surface area contributed by atoms with Gasteiger partial charge in [0.05, 0.1) is 11.9 Å². The first kappa shape index (κ1) is 11.6. The third kappa shape index (κ3) is 2.00. The van der Waals surface area contributed by atoms with Gasteiger partial charge in [-0.25, -0.2) is 4.39 Å². The zero-order valence-corrected chi connectivity index (χ0v) is 10.3. The Morgan fingerprint density at radius 3 is 3.17 bits per heavy atom. The summed E-state index contributed by atoms with van der Waals surface area (Å²) in [4.78, 5) is 18.3. The fourth-order valence-corrected chi connectivity index (χ4v) is 3.03. The zero-order valence-electron chi connectivity index (χ0n) is 10.3. The topological polar surface area (TPSA) is 33.2 Å². The average Bonchev–Trinajstić information content (AvgIpc) is 2.82. The molecule has 18 heavy (non-hydrogen) atoms. The minimum atomic E-state index is -0.802. The van der Waals surface area contributed by atoms with Crippen molar-refractivity contribution in [3.05, 3.63) is 24.0 Å². The van der Waals surface area contributed by atoms with Crippen LogP contribution in [-0.2, 0) is 11.2 Å². The normalized spacial score (nSPS) is 27.1. The molecule has 3 nitrogen and oxygen atoms in total. The summed E-state index contributed by atoms with van der Waals surface area (Å²) in [5.41, 5.74) is 2.09. The average molecular weight is 248 g/mol. The lowest BCUT2D eigenvalue weighted by Gasteiger charge is -2.28. The van der Waals surface area contributed by atoms with Crippen molar-refractivity contribution in [2.75, 3.05) is 11.4 Å². The summed E-state index contributed by atoms with van der Waals surface area (Å²) in [5.74, 6) is -0.0518. The Balaban J connectivity index is 1.78. The summed E-state index contributed by atoms with van der Waals surface area (Å²) in [7, 11) is 0. The number of nitrogens with zero attached hydrogens (tertiary/aromatic N) is 2. The van der Waals surface area contributed by atoms with Gasteiger partial charge in [0.2, 0.25) is 5.91 Å². The summed E-state index contributed by atoms with van der Waals surface area (Å²) in [6, 6.07) is 1.96. The molecule has 1 saturated carbocycles. The highest BCUT2D eigenvalue weighted by Gasteiger charge is 2.33. The Labute approximate surface area is 106 Å². The van der Waals surface area contributed by atoms with E-state index in [0.717, 1.165) is 24.9 Å². The van der Waals surface area contributed by atoms with Crippen LogP contribution in [0.3, 0.4) is 0 Å². The number of aromatic nitrogens is 1. The van der Waals surface area contributed by atoms with Crippen LogP contribution < -0.4 is 4.90 Å². The molecule has 1 aromatic heterocycles. The van der Waals surface area contributed by atoms with Gasteiger partial charge in [-0.1, -0.05) is 0 Å². The molecule has 96 valence electrons. The molecular weight excluding hydrogens is 231 g/mol. The Morgan fingerprint density at radius 2 is 2.33 bits per heavy atom. The molecule has 0 radical (unpaired) electrons. The number of halogens is 1. The summed E-state index contributed by atoms with van der Waals surface area (Å²) in [6.07, 6.45) is 6.24. The lowest BCUT2D eigenvalue weighted by atomic mass is 9.87. The summed E-state index contributed by atoms with van der Waals surface area (Å²) < 4.78 is 13.4. The molecule has 2 unspecified atom stereocenters. The summed E-state index contributed by atoms with van der Waals surface area (Å²) in [5, 5.41) is 0. The predicted molar refractivity (Wildman–Crippen MR) is 67.1 cm³/mol. The number of carbonyl (C=O) groups excluding carboxylic acids is 1. The van der Waals surface area contributed by atoms with Crippen LogP contribution in [0.1, 0.15) is 31.2 Å². The number of carbonyl (C=O) groups is 1. The Morgan fingerprint density at radius 1 is 1.44 bits per heavy atom. The van der Waals surface area contributed by atoms with Crippen molar-refractivity contribution < 1.29 is 9.18 Å². The van der Waals surface area contributed by atoms with Crippen molar-refractivity contribution in [3.63, 3.8) is 0 Å². The van der Waals surface area contributed by atoms with Gasteiger partial charge in [0, 0.05) is 18.7 Å². The second-order valence-electron chi connectivity index (χ2n) is 5.21. The van der Waals surface area contributed by atoms with Gasteiger partial charge < -0.3 is 4.90 Å². The molecule has 1 amide bonds. The SMILES string of the molecule is O=C(C1CCCC(F)C1)N1CCc2ccncc21. The molecule has 0 spiro atoms. The molecule has 2 atom stereocenters. The molecule has 3 rings (SSSR count). The Hall–Kier alpha value is -1.45. The number of amides is 1. The number of hydrogen-bond donors (Lipinski definition) is 0. The standard InChI is InChI=1S/C14H17FN2O/c15-12-3-1-2-11(8-12)14(18)17-7-5-10-4-6-16-9-13(10)17/h4,6,9,11-12H,1-3,5,7-8H2.